The highest BCUT2D eigenvalue weighted by atomic mass is 14.9. The lowest BCUT2D eigenvalue weighted by Gasteiger charge is -2.19. The summed E-state index contributed by atoms with van der Waals surface area (Å²) in [5.41, 5.74) is 3.52. The van der Waals surface area contributed by atoms with Crippen LogP contribution in [0.1, 0.15) is 36.6 Å². The molecular formula is C17H22N2. The van der Waals surface area contributed by atoms with Crippen LogP contribution in [0.3, 0.4) is 0 Å². The molecule has 0 fully saturated rings. The number of unbranched alkanes of at least 4 members (excludes halogenated alkanes) is 1. The highest BCUT2D eigenvalue weighted by Gasteiger charge is 2.13. The summed E-state index contributed by atoms with van der Waals surface area (Å²) in [5.74, 6) is 0. The van der Waals surface area contributed by atoms with Crippen LogP contribution >= 0.6 is 0 Å². The van der Waals surface area contributed by atoms with Crippen LogP contribution in [0.25, 0.3) is 10.9 Å². The first-order valence-corrected chi connectivity index (χ1v) is 6.90. The number of hydrogen-bond donors (Lipinski definition) is 1. The van der Waals surface area contributed by atoms with Gasteiger partial charge in [-0.15, -0.1) is 6.58 Å². The van der Waals surface area contributed by atoms with Crippen molar-refractivity contribution >= 4 is 10.9 Å². The number of nitrogens with one attached hydrogen (secondary N) is 1. The third-order valence-electron chi connectivity index (χ3n) is 3.50. The maximum atomic E-state index is 4.61. The molecule has 0 aliphatic rings. The summed E-state index contributed by atoms with van der Waals surface area (Å²) in [4.78, 5) is 4.61. The molecule has 0 saturated heterocycles. The average molecular weight is 254 g/mol. The van der Waals surface area contributed by atoms with E-state index < -0.39 is 0 Å². The molecule has 0 radical (unpaired) electrons. The lowest BCUT2D eigenvalue weighted by atomic mass is 9.97. The minimum absolute atomic E-state index is 0.381. The molecule has 1 N–H and O–H groups in total. The van der Waals surface area contributed by atoms with E-state index in [0.29, 0.717) is 6.04 Å². The van der Waals surface area contributed by atoms with Crippen LogP contribution in [0.4, 0.5) is 0 Å². The van der Waals surface area contributed by atoms with Crippen molar-refractivity contribution < 1.29 is 0 Å². The first kappa shape index (κ1) is 13.8. The van der Waals surface area contributed by atoms with E-state index in [1.165, 1.54) is 10.9 Å². The zero-order valence-corrected chi connectivity index (χ0v) is 11.8. The Morgan fingerprint density at radius 3 is 2.89 bits per heavy atom. The van der Waals surface area contributed by atoms with Gasteiger partial charge in [-0.25, -0.2) is 0 Å². The van der Waals surface area contributed by atoms with E-state index in [4.69, 9.17) is 0 Å². The molecule has 19 heavy (non-hydrogen) atoms. The van der Waals surface area contributed by atoms with Crippen molar-refractivity contribution in [2.24, 2.45) is 0 Å². The normalized spacial score (nSPS) is 12.5. The number of benzene rings is 1. The zero-order valence-electron chi connectivity index (χ0n) is 11.8. The predicted molar refractivity (Wildman–Crippen MR) is 82.3 cm³/mol. The number of aryl methyl sites for hydroxylation is 1. The van der Waals surface area contributed by atoms with Gasteiger partial charge in [0.25, 0.3) is 0 Å². The SMILES string of the molecule is C=CCCCC(NC)c1cc(C)nc2ccccc12. The molecule has 1 heterocycles. The summed E-state index contributed by atoms with van der Waals surface area (Å²) in [6.07, 6.45) is 5.34. The number of para-hydroxylation sites is 1. The Morgan fingerprint density at radius 2 is 2.16 bits per heavy atom. The average Bonchev–Trinajstić information content (AvgIpc) is 2.43. The number of allylic oxidation sites excluding steroid dienone is 1. The maximum absolute atomic E-state index is 4.61. The van der Waals surface area contributed by atoms with E-state index in [-0.39, 0.29) is 0 Å². The molecule has 2 aromatic rings. The quantitative estimate of drug-likeness (QED) is 0.618. The van der Waals surface area contributed by atoms with Gasteiger partial charge in [0.1, 0.15) is 0 Å². The fourth-order valence-corrected chi connectivity index (χ4v) is 2.55. The van der Waals surface area contributed by atoms with E-state index in [2.05, 4.69) is 48.1 Å². The number of nitrogens with zero attached hydrogens (tertiary/aromatic N) is 1. The summed E-state index contributed by atoms with van der Waals surface area (Å²) in [7, 11) is 2.03. The number of fused-ring (bicyclic) bond motifs is 1. The topological polar surface area (TPSA) is 24.9 Å². The first-order chi connectivity index (χ1) is 9.26. The second-order valence-corrected chi connectivity index (χ2v) is 4.93. The van der Waals surface area contributed by atoms with Crippen molar-refractivity contribution in [3.63, 3.8) is 0 Å². The number of pyridine rings is 1. The number of hydrogen-bond acceptors (Lipinski definition) is 2. The van der Waals surface area contributed by atoms with Gasteiger partial charge < -0.3 is 5.32 Å². The van der Waals surface area contributed by atoms with Gasteiger partial charge >= 0.3 is 0 Å². The van der Waals surface area contributed by atoms with Crippen LogP contribution in [0.2, 0.25) is 0 Å². The van der Waals surface area contributed by atoms with E-state index in [1.54, 1.807) is 0 Å². The summed E-state index contributed by atoms with van der Waals surface area (Å²) < 4.78 is 0. The summed E-state index contributed by atoms with van der Waals surface area (Å²) in [6, 6.07) is 11.0. The largest absolute Gasteiger partial charge is 0.313 e. The number of aromatic nitrogens is 1. The van der Waals surface area contributed by atoms with Crippen LogP contribution in [0, 0.1) is 6.92 Å². The molecule has 0 amide bonds. The van der Waals surface area contributed by atoms with Crippen molar-refractivity contribution in [1.29, 1.82) is 0 Å². The van der Waals surface area contributed by atoms with Gasteiger partial charge in [0.05, 0.1) is 5.52 Å². The Kier molecular flexibility index (Phi) is 4.69. The summed E-state index contributed by atoms with van der Waals surface area (Å²) in [5, 5.41) is 4.69. The fourth-order valence-electron chi connectivity index (χ4n) is 2.55. The molecule has 0 aliphatic carbocycles. The molecule has 0 aliphatic heterocycles. The van der Waals surface area contributed by atoms with Crippen LogP contribution in [-0.2, 0) is 0 Å². The predicted octanol–water partition coefficient (Wildman–Crippen LogP) is 4.16. The van der Waals surface area contributed by atoms with E-state index in [9.17, 15) is 0 Å². The second kappa shape index (κ2) is 6.48. The first-order valence-electron chi connectivity index (χ1n) is 6.90. The molecule has 1 aromatic heterocycles. The lowest BCUT2D eigenvalue weighted by molar-refractivity contribution is 0.533. The zero-order chi connectivity index (χ0) is 13.7. The fraction of sp³-hybridized carbons (Fsp3) is 0.353. The van der Waals surface area contributed by atoms with Crippen molar-refractivity contribution in [1.82, 2.24) is 10.3 Å². The van der Waals surface area contributed by atoms with Crippen molar-refractivity contribution in [3.05, 3.63) is 54.2 Å². The van der Waals surface area contributed by atoms with Gasteiger partial charge in [-0.05, 0) is 50.9 Å². The molecule has 2 rings (SSSR count). The highest BCUT2D eigenvalue weighted by molar-refractivity contribution is 5.82. The Labute approximate surface area is 115 Å². The molecule has 2 nitrogen and oxygen atoms in total. The smallest absolute Gasteiger partial charge is 0.0708 e. The Morgan fingerprint density at radius 1 is 1.37 bits per heavy atom. The van der Waals surface area contributed by atoms with Crippen LogP contribution in [-0.4, -0.2) is 12.0 Å². The molecule has 1 aromatic carbocycles. The Hall–Kier alpha value is -1.67. The van der Waals surface area contributed by atoms with Crippen LogP contribution < -0.4 is 5.32 Å². The molecule has 0 saturated carbocycles. The van der Waals surface area contributed by atoms with Gasteiger partial charge in [0.15, 0.2) is 0 Å². The molecule has 1 atom stereocenters. The highest BCUT2D eigenvalue weighted by Crippen LogP contribution is 2.27. The molecule has 0 bridgehead atoms. The van der Waals surface area contributed by atoms with Crippen LogP contribution in [0.15, 0.2) is 43.0 Å². The van der Waals surface area contributed by atoms with Gasteiger partial charge in [0.2, 0.25) is 0 Å². The number of rotatable bonds is 6. The monoisotopic (exact) mass is 254 g/mol. The molecule has 1 unspecified atom stereocenters. The van der Waals surface area contributed by atoms with Gasteiger partial charge in [0, 0.05) is 17.1 Å². The van der Waals surface area contributed by atoms with E-state index >= 15 is 0 Å². The van der Waals surface area contributed by atoms with Crippen molar-refractivity contribution in [2.45, 2.75) is 32.2 Å². The minimum Gasteiger partial charge on any atom is -0.313 e. The third-order valence-corrected chi connectivity index (χ3v) is 3.50. The Bertz CT molecular complexity index is 560. The van der Waals surface area contributed by atoms with Gasteiger partial charge in [-0.1, -0.05) is 24.3 Å². The second-order valence-electron chi connectivity index (χ2n) is 4.93. The molecular weight excluding hydrogens is 232 g/mol. The lowest BCUT2D eigenvalue weighted by Crippen LogP contribution is -2.17. The maximum Gasteiger partial charge on any atom is 0.0708 e. The summed E-state index contributed by atoms with van der Waals surface area (Å²) >= 11 is 0. The van der Waals surface area contributed by atoms with Crippen LogP contribution in [0.5, 0.6) is 0 Å². The van der Waals surface area contributed by atoms with E-state index in [1.807, 2.05) is 19.2 Å². The molecule has 100 valence electrons. The van der Waals surface area contributed by atoms with Crippen molar-refractivity contribution in [2.75, 3.05) is 7.05 Å². The Balaban J connectivity index is 2.38. The third kappa shape index (κ3) is 3.21. The molecule has 0 spiro atoms. The van der Waals surface area contributed by atoms with E-state index in [0.717, 1.165) is 30.5 Å². The summed E-state index contributed by atoms with van der Waals surface area (Å²) in [6.45, 7) is 5.85. The van der Waals surface area contributed by atoms with Gasteiger partial charge in [-0.3, -0.25) is 4.98 Å². The van der Waals surface area contributed by atoms with Gasteiger partial charge in [-0.2, -0.15) is 0 Å². The molecule has 2 heteroatoms. The van der Waals surface area contributed by atoms with Crippen molar-refractivity contribution in [3.8, 4) is 0 Å². The minimum atomic E-state index is 0.381. The standard InChI is InChI=1S/C17H22N2/c1-4-5-6-10-16(18-3)15-12-13(2)19-17-11-8-7-9-14(15)17/h4,7-9,11-12,16,18H,1,5-6,10H2,2-3H3.